The SMILES string of the molecule is CCC(CC)CNCC(OCCCc1c(F)cccc1F)c1c(C)cccc1C. The van der Waals surface area contributed by atoms with E-state index in [9.17, 15) is 8.78 Å². The van der Waals surface area contributed by atoms with Gasteiger partial charge in [-0.2, -0.15) is 0 Å². The lowest BCUT2D eigenvalue weighted by atomic mass is 9.97. The second-order valence-corrected chi connectivity index (χ2v) is 7.81. The molecule has 29 heavy (non-hydrogen) atoms. The van der Waals surface area contributed by atoms with Crippen LogP contribution in [0.15, 0.2) is 36.4 Å². The van der Waals surface area contributed by atoms with Gasteiger partial charge in [-0.15, -0.1) is 0 Å². The molecule has 0 aliphatic rings. The van der Waals surface area contributed by atoms with Crippen molar-refractivity contribution in [3.8, 4) is 0 Å². The second-order valence-electron chi connectivity index (χ2n) is 7.81. The van der Waals surface area contributed by atoms with Gasteiger partial charge in [-0.3, -0.25) is 0 Å². The van der Waals surface area contributed by atoms with Gasteiger partial charge in [0.1, 0.15) is 11.6 Å². The highest BCUT2D eigenvalue weighted by atomic mass is 19.1. The Labute approximate surface area is 174 Å². The molecule has 0 spiro atoms. The average Bonchev–Trinajstić information content (AvgIpc) is 2.69. The van der Waals surface area contributed by atoms with E-state index in [2.05, 4.69) is 51.2 Å². The van der Waals surface area contributed by atoms with Gasteiger partial charge in [-0.05, 0) is 68.0 Å². The van der Waals surface area contributed by atoms with Crippen molar-refractivity contribution < 1.29 is 13.5 Å². The molecule has 2 rings (SSSR count). The van der Waals surface area contributed by atoms with E-state index in [1.165, 1.54) is 34.9 Å². The van der Waals surface area contributed by atoms with Crippen molar-refractivity contribution in [1.29, 1.82) is 0 Å². The maximum absolute atomic E-state index is 13.8. The van der Waals surface area contributed by atoms with Crippen molar-refractivity contribution in [3.63, 3.8) is 0 Å². The summed E-state index contributed by atoms with van der Waals surface area (Å²) in [6.07, 6.45) is 3.15. The molecule has 2 aromatic carbocycles. The van der Waals surface area contributed by atoms with E-state index >= 15 is 0 Å². The minimum Gasteiger partial charge on any atom is -0.372 e. The van der Waals surface area contributed by atoms with Gasteiger partial charge in [0, 0.05) is 18.7 Å². The highest BCUT2D eigenvalue weighted by Gasteiger charge is 2.17. The Hall–Kier alpha value is -1.78. The maximum Gasteiger partial charge on any atom is 0.129 e. The molecule has 1 atom stereocenters. The molecule has 0 aromatic heterocycles. The standard InChI is InChI=1S/C25H35F2NO/c1-5-20(6-2)16-28-17-24(25-18(3)10-7-11-19(25)4)29-15-9-12-21-22(26)13-8-14-23(21)27/h7-8,10-11,13-14,20,24,28H,5-6,9,12,15-17H2,1-4H3. The van der Waals surface area contributed by atoms with Crippen LogP contribution in [0.3, 0.4) is 0 Å². The van der Waals surface area contributed by atoms with Crippen molar-refractivity contribution in [2.24, 2.45) is 5.92 Å². The molecule has 1 N–H and O–H groups in total. The lowest BCUT2D eigenvalue weighted by molar-refractivity contribution is 0.0494. The molecule has 0 radical (unpaired) electrons. The molecule has 0 heterocycles. The van der Waals surface area contributed by atoms with Gasteiger partial charge in [-0.1, -0.05) is 51.0 Å². The van der Waals surface area contributed by atoms with E-state index in [4.69, 9.17) is 4.74 Å². The van der Waals surface area contributed by atoms with Crippen molar-refractivity contribution in [2.75, 3.05) is 19.7 Å². The summed E-state index contributed by atoms with van der Waals surface area (Å²) in [4.78, 5) is 0. The van der Waals surface area contributed by atoms with Crippen LogP contribution in [0.4, 0.5) is 8.78 Å². The second kappa shape index (κ2) is 12.0. The third-order valence-corrected chi connectivity index (χ3v) is 5.73. The molecule has 0 aliphatic heterocycles. The molecule has 2 nitrogen and oxygen atoms in total. The quantitative estimate of drug-likeness (QED) is 0.420. The number of rotatable bonds is 12. The molecule has 0 fully saturated rings. The van der Waals surface area contributed by atoms with Gasteiger partial charge in [0.25, 0.3) is 0 Å². The normalized spacial score (nSPS) is 12.5. The topological polar surface area (TPSA) is 21.3 Å². The van der Waals surface area contributed by atoms with Gasteiger partial charge in [0.2, 0.25) is 0 Å². The van der Waals surface area contributed by atoms with Gasteiger partial charge >= 0.3 is 0 Å². The molecule has 4 heteroatoms. The first-order valence-corrected chi connectivity index (χ1v) is 10.8. The molecule has 160 valence electrons. The van der Waals surface area contributed by atoms with Crippen molar-refractivity contribution >= 4 is 0 Å². The van der Waals surface area contributed by atoms with Crippen LogP contribution in [0.2, 0.25) is 0 Å². The van der Waals surface area contributed by atoms with E-state index in [1.807, 2.05) is 0 Å². The van der Waals surface area contributed by atoms with Crippen LogP contribution in [-0.4, -0.2) is 19.7 Å². The Balaban J connectivity index is 1.99. The van der Waals surface area contributed by atoms with Crippen LogP contribution in [-0.2, 0) is 11.2 Å². The fraction of sp³-hybridized carbons (Fsp3) is 0.520. The Morgan fingerprint density at radius 1 is 0.897 bits per heavy atom. The molecule has 0 amide bonds. The van der Waals surface area contributed by atoms with Gasteiger partial charge in [0.05, 0.1) is 6.10 Å². The fourth-order valence-electron chi connectivity index (χ4n) is 3.82. The van der Waals surface area contributed by atoms with Crippen LogP contribution in [0.1, 0.15) is 61.5 Å². The Morgan fingerprint density at radius 3 is 2.07 bits per heavy atom. The summed E-state index contributed by atoms with van der Waals surface area (Å²) in [5, 5.41) is 3.57. The predicted octanol–water partition coefficient (Wildman–Crippen LogP) is 6.30. The molecule has 0 saturated carbocycles. The number of ether oxygens (including phenoxy) is 1. The lowest BCUT2D eigenvalue weighted by Gasteiger charge is -2.24. The summed E-state index contributed by atoms with van der Waals surface area (Å²) in [5.41, 5.74) is 3.77. The van der Waals surface area contributed by atoms with Crippen molar-refractivity contribution in [1.82, 2.24) is 5.32 Å². The molecule has 2 aromatic rings. The number of benzene rings is 2. The first-order valence-electron chi connectivity index (χ1n) is 10.8. The lowest BCUT2D eigenvalue weighted by Crippen LogP contribution is -2.29. The number of halogens is 2. The van der Waals surface area contributed by atoms with Crippen molar-refractivity contribution in [3.05, 3.63) is 70.3 Å². The summed E-state index contributed by atoms with van der Waals surface area (Å²) in [5.74, 6) is -0.302. The maximum atomic E-state index is 13.8. The first kappa shape index (κ1) is 23.5. The number of hydrogen-bond donors (Lipinski definition) is 1. The number of hydrogen-bond acceptors (Lipinski definition) is 2. The summed E-state index contributed by atoms with van der Waals surface area (Å²) in [7, 11) is 0. The van der Waals surface area contributed by atoms with E-state index in [0.29, 0.717) is 25.4 Å². The Kier molecular flexibility index (Phi) is 9.75. The fourth-order valence-corrected chi connectivity index (χ4v) is 3.82. The Morgan fingerprint density at radius 2 is 1.48 bits per heavy atom. The van der Waals surface area contributed by atoms with Crippen molar-refractivity contribution in [2.45, 2.75) is 59.5 Å². The number of aryl methyl sites for hydroxylation is 2. The molecule has 0 bridgehead atoms. The third kappa shape index (κ3) is 6.90. The van der Waals surface area contributed by atoms with Crippen LogP contribution in [0, 0.1) is 31.4 Å². The summed E-state index contributed by atoms with van der Waals surface area (Å²) in [6.45, 7) is 10.8. The van der Waals surface area contributed by atoms with Gasteiger partial charge in [-0.25, -0.2) is 8.78 Å². The zero-order valence-electron chi connectivity index (χ0n) is 18.2. The first-order chi connectivity index (χ1) is 14.0. The highest BCUT2D eigenvalue weighted by molar-refractivity contribution is 5.35. The largest absolute Gasteiger partial charge is 0.372 e. The summed E-state index contributed by atoms with van der Waals surface area (Å²) in [6, 6.07) is 10.3. The zero-order valence-corrected chi connectivity index (χ0v) is 18.2. The third-order valence-electron chi connectivity index (χ3n) is 5.73. The van der Waals surface area contributed by atoms with Crippen LogP contribution < -0.4 is 5.32 Å². The zero-order chi connectivity index (χ0) is 21.2. The molecule has 0 saturated heterocycles. The minimum absolute atomic E-state index is 0.0731. The predicted molar refractivity (Wildman–Crippen MR) is 116 cm³/mol. The monoisotopic (exact) mass is 403 g/mol. The van der Waals surface area contributed by atoms with E-state index in [-0.39, 0.29) is 11.7 Å². The smallest absolute Gasteiger partial charge is 0.129 e. The minimum atomic E-state index is -0.483. The van der Waals surface area contributed by atoms with E-state index < -0.39 is 11.6 Å². The molecule has 1 unspecified atom stereocenters. The molecule has 0 aliphatic carbocycles. The highest BCUT2D eigenvalue weighted by Crippen LogP contribution is 2.25. The molecular formula is C25H35F2NO. The summed E-state index contributed by atoms with van der Waals surface area (Å²) >= 11 is 0. The van der Waals surface area contributed by atoms with Gasteiger partial charge < -0.3 is 10.1 Å². The van der Waals surface area contributed by atoms with Crippen LogP contribution in [0.25, 0.3) is 0 Å². The van der Waals surface area contributed by atoms with Gasteiger partial charge in [0.15, 0.2) is 0 Å². The van der Waals surface area contributed by atoms with E-state index in [0.717, 1.165) is 25.9 Å². The average molecular weight is 404 g/mol. The Bertz CT molecular complexity index is 718. The molecular weight excluding hydrogens is 368 g/mol. The van der Waals surface area contributed by atoms with E-state index in [1.54, 1.807) is 0 Å². The summed E-state index contributed by atoms with van der Waals surface area (Å²) < 4.78 is 33.9. The van der Waals surface area contributed by atoms with Crippen LogP contribution >= 0.6 is 0 Å². The number of nitrogens with one attached hydrogen (secondary N) is 1. The van der Waals surface area contributed by atoms with Crippen LogP contribution in [0.5, 0.6) is 0 Å².